The van der Waals surface area contributed by atoms with E-state index in [0.717, 1.165) is 36.4 Å². The average Bonchev–Trinajstić information content (AvgIpc) is 2.56. The molecule has 4 heteroatoms. The Bertz CT molecular complexity index is 572. The van der Waals surface area contributed by atoms with E-state index in [9.17, 15) is 10.2 Å². The van der Waals surface area contributed by atoms with Gasteiger partial charge in [0.1, 0.15) is 5.60 Å². The fourth-order valence-corrected chi connectivity index (χ4v) is 3.38. The maximum atomic E-state index is 11.0. The average molecular weight is 300 g/mol. The van der Waals surface area contributed by atoms with E-state index < -0.39 is 5.60 Å². The lowest BCUT2D eigenvalue weighted by Gasteiger charge is -2.38. The molecular weight excluding hydrogens is 276 g/mol. The van der Waals surface area contributed by atoms with Crippen molar-refractivity contribution in [3.8, 4) is 0 Å². The van der Waals surface area contributed by atoms with E-state index in [-0.39, 0.29) is 6.61 Å². The topological polar surface area (TPSA) is 64.5 Å². The maximum absolute atomic E-state index is 11.0. The smallest absolute Gasteiger partial charge is 0.107 e. The van der Waals surface area contributed by atoms with Crippen molar-refractivity contribution < 1.29 is 10.2 Å². The Labute approximate surface area is 131 Å². The van der Waals surface area contributed by atoms with Gasteiger partial charge in [0.05, 0.1) is 6.61 Å². The third kappa shape index (κ3) is 3.09. The van der Waals surface area contributed by atoms with Gasteiger partial charge in [0, 0.05) is 17.8 Å². The van der Waals surface area contributed by atoms with Crippen LogP contribution in [0.15, 0.2) is 53.3 Å². The molecule has 3 rings (SSSR count). The van der Waals surface area contributed by atoms with Gasteiger partial charge in [-0.1, -0.05) is 36.4 Å². The number of hydrogen-bond donors (Lipinski definition) is 4. The molecule has 2 heterocycles. The fraction of sp³-hybridized carbons (Fsp3) is 0.444. The van der Waals surface area contributed by atoms with Crippen LogP contribution in [-0.4, -0.2) is 42.1 Å². The third-order valence-electron chi connectivity index (χ3n) is 4.61. The molecule has 2 aliphatic heterocycles. The van der Waals surface area contributed by atoms with Gasteiger partial charge < -0.3 is 20.8 Å². The maximum Gasteiger partial charge on any atom is 0.107 e. The second-order valence-electron chi connectivity index (χ2n) is 6.07. The molecule has 4 N–H and O–H groups in total. The molecule has 0 radical (unpaired) electrons. The van der Waals surface area contributed by atoms with Crippen LogP contribution in [0.2, 0.25) is 0 Å². The van der Waals surface area contributed by atoms with Gasteiger partial charge in [-0.05, 0) is 43.5 Å². The van der Waals surface area contributed by atoms with E-state index in [1.54, 1.807) is 0 Å². The Balaban J connectivity index is 1.89. The van der Waals surface area contributed by atoms with Crippen molar-refractivity contribution in [3.63, 3.8) is 0 Å². The predicted octanol–water partition coefficient (Wildman–Crippen LogP) is 1.12. The van der Waals surface area contributed by atoms with Gasteiger partial charge in [0.15, 0.2) is 0 Å². The number of aliphatic hydroxyl groups excluding tert-OH is 1. The highest BCUT2D eigenvalue weighted by atomic mass is 16.3. The molecule has 1 saturated heterocycles. The zero-order valence-corrected chi connectivity index (χ0v) is 12.8. The lowest BCUT2D eigenvalue weighted by Crippen LogP contribution is -2.48. The Kier molecular flexibility index (Phi) is 4.62. The molecule has 0 unspecified atom stereocenters. The standard InChI is InChI=1S/C18H24N2O2/c21-13-16-15(12-14-4-2-1-3-5-14)6-9-20-17(16)18(22)7-10-19-11-8-18/h1-6,19-22H,7-13H2. The van der Waals surface area contributed by atoms with E-state index in [2.05, 4.69) is 28.8 Å². The van der Waals surface area contributed by atoms with Crippen LogP contribution in [0.1, 0.15) is 18.4 Å². The van der Waals surface area contributed by atoms with E-state index in [4.69, 9.17) is 0 Å². The molecule has 2 aliphatic rings. The summed E-state index contributed by atoms with van der Waals surface area (Å²) in [7, 11) is 0. The number of hydrogen-bond acceptors (Lipinski definition) is 4. The highest BCUT2D eigenvalue weighted by Crippen LogP contribution is 2.32. The number of benzene rings is 1. The monoisotopic (exact) mass is 300 g/mol. The highest BCUT2D eigenvalue weighted by Gasteiger charge is 2.36. The van der Waals surface area contributed by atoms with E-state index >= 15 is 0 Å². The minimum Gasteiger partial charge on any atom is -0.392 e. The van der Waals surface area contributed by atoms with Crippen molar-refractivity contribution >= 4 is 0 Å². The Morgan fingerprint density at radius 1 is 1.09 bits per heavy atom. The summed E-state index contributed by atoms with van der Waals surface area (Å²) in [5.74, 6) is 0. The summed E-state index contributed by atoms with van der Waals surface area (Å²) in [4.78, 5) is 0. The Morgan fingerprint density at radius 2 is 1.82 bits per heavy atom. The number of dihydropyridines is 1. The van der Waals surface area contributed by atoms with Gasteiger partial charge in [-0.15, -0.1) is 0 Å². The molecule has 0 aliphatic carbocycles. The molecule has 1 fully saturated rings. The van der Waals surface area contributed by atoms with Gasteiger partial charge in [-0.25, -0.2) is 0 Å². The predicted molar refractivity (Wildman–Crippen MR) is 87.4 cm³/mol. The Morgan fingerprint density at radius 3 is 2.50 bits per heavy atom. The lowest BCUT2D eigenvalue weighted by molar-refractivity contribution is 0.0380. The van der Waals surface area contributed by atoms with Crippen LogP contribution in [0.4, 0.5) is 0 Å². The van der Waals surface area contributed by atoms with E-state index in [1.165, 1.54) is 5.56 Å². The summed E-state index contributed by atoms with van der Waals surface area (Å²) in [6, 6.07) is 10.3. The fourth-order valence-electron chi connectivity index (χ4n) is 3.38. The number of nitrogens with one attached hydrogen (secondary N) is 2. The molecule has 0 saturated carbocycles. The summed E-state index contributed by atoms with van der Waals surface area (Å²) in [5, 5.41) is 27.5. The number of rotatable bonds is 4. The molecule has 1 aromatic rings. The van der Waals surface area contributed by atoms with Crippen molar-refractivity contribution in [3.05, 3.63) is 58.8 Å². The quantitative estimate of drug-likeness (QED) is 0.673. The minimum atomic E-state index is -0.848. The van der Waals surface area contributed by atoms with E-state index in [0.29, 0.717) is 19.4 Å². The summed E-state index contributed by atoms with van der Waals surface area (Å²) in [6.45, 7) is 2.27. The minimum absolute atomic E-state index is 0.0449. The first-order valence-electron chi connectivity index (χ1n) is 7.98. The van der Waals surface area contributed by atoms with Crippen LogP contribution >= 0.6 is 0 Å². The van der Waals surface area contributed by atoms with Crippen LogP contribution < -0.4 is 10.6 Å². The molecule has 0 amide bonds. The van der Waals surface area contributed by atoms with Crippen molar-refractivity contribution in [1.29, 1.82) is 0 Å². The highest BCUT2D eigenvalue weighted by molar-refractivity contribution is 5.44. The zero-order valence-electron chi connectivity index (χ0n) is 12.8. The molecule has 0 spiro atoms. The van der Waals surface area contributed by atoms with Crippen molar-refractivity contribution in [2.45, 2.75) is 24.9 Å². The summed E-state index contributed by atoms with van der Waals surface area (Å²) in [6.07, 6.45) is 4.26. The van der Waals surface area contributed by atoms with Gasteiger partial charge in [0.25, 0.3) is 0 Å². The van der Waals surface area contributed by atoms with Gasteiger partial charge in [0.2, 0.25) is 0 Å². The molecule has 22 heavy (non-hydrogen) atoms. The summed E-state index contributed by atoms with van der Waals surface area (Å²) < 4.78 is 0. The van der Waals surface area contributed by atoms with Crippen LogP contribution in [0, 0.1) is 0 Å². The van der Waals surface area contributed by atoms with Gasteiger partial charge in [-0.3, -0.25) is 0 Å². The third-order valence-corrected chi connectivity index (χ3v) is 4.61. The molecule has 0 aromatic heterocycles. The van der Waals surface area contributed by atoms with Crippen molar-refractivity contribution in [2.24, 2.45) is 0 Å². The van der Waals surface area contributed by atoms with Gasteiger partial charge in [-0.2, -0.15) is 0 Å². The van der Waals surface area contributed by atoms with Crippen LogP contribution in [-0.2, 0) is 6.42 Å². The first-order valence-corrected chi connectivity index (χ1v) is 7.98. The number of aliphatic hydroxyl groups is 2. The summed E-state index contributed by atoms with van der Waals surface area (Å²) >= 11 is 0. The summed E-state index contributed by atoms with van der Waals surface area (Å²) in [5.41, 5.74) is 3.18. The van der Waals surface area contributed by atoms with Crippen molar-refractivity contribution in [2.75, 3.05) is 26.2 Å². The van der Waals surface area contributed by atoms with Crippen LogP contribution in [0.5, 0.6) is 0 Å². The molecule has 4 nitrogen and oxygen atoms in total. The molecule has 0 atom stereocenters. The second kappa shape index (κ2) is 6.65. The molecular formula is C18H24N2O2. The SMILES string of the molecule is OCC1=C(C2(O)CCNCC2)NCC=C1Cc1ccccc1. The van der Waals surface area contributed by atoms with Crippen LogP contribution in [0.25, 0.3) is 0 Å². The largest absolute Gasteiger partial charge is 0.392 e. The Hall–Kier alpha value is -1.62. The molecule has 118 valence electrons. The zero-order chi connectivity index (χ0) is 15.4. The van der Waals surface area contributed by atoms with Crippen molar-refractivity contribution in [1.82, 2.24) is 10.6 Å². The molecule has 1 aromatic carbocycles. The van der Waals surface area contributed by atoms with E-state index in [1.807, 2.05) is 18.2 Å². The first kappa shape index (κ1) is 15.3. The molecule has 0 bridgehead atoms. The number of piperidine rings is 1. The lowest BCUT2D eigenvalue weighted by atomic mass is 9.82. The first-order chi connectivity index (χ1) is 10.7. The second-order valence-corrected chi connectivity index (χ2v) is 6.07. The normalized spacial score (nSPS) is 21.3. The van der Waals surface area contributed by atoms with Gasteiger partial charge >= 0.3 is 0 Å². The van der Waals surface area contributed by atoms with Crippen LogP contribution in [0.3, 0.4) is 0 Å².